The molecule has 1 amide bonds. The van der Waals surface area contributed by atoms with Crippen LogP contribution in [0.1, 0.15) is 18.4 Å². The third-order valence-corrected chi connectivity index (χ3v) is 4.90. The number of hydrogen-bond acceptors (Lipinski definition) is 3. The van der Waals surface area contributed by atoms with Gasteiger partial charge in [0.1, 0.15) is 11.6 Å². The van der Waals surface area contributed by atoms with E-state index < -0.39 is 21.7 Å². The van der Waals surface area contributed by atoms with Crippen LogP contribution in [0.15, 0.2) is 48.5 Å². The Morgan fingerprint density at radius 1 is 1.04 bits per heavy atom. The molecule has 2 aromatic carbocycles. The summed E-state index contributed by atoms with van der Waals surface area (Å²) in [6.45, 7) is 0.0154. The van der Waals surface area contributed by atoms with Crippen LogP contribution >= 0.6 is 0 Å². The lowest BCUT2D eigenvalue weighted by Crippen LogP contribution is -2.32. The number of carbonyl (C=O) groups excluding carboxylic acids is 1. The Morgan fingerprint density at radius 3 is 2.27 bits per heavy atom. The normalized spacial score (nSPS) is 11.2. The van der Waals surface area contributed by atoms with Gasteiger partial charge in [-0.2, -0.15) is 0 Å². The summed E-state index contributed by atoms with van der Waals surface area (Å²) in [5.41, 5.74) is 0.312. The number of carbonyl (C=O) groups is 1. The summed E-state index contributed by atoms with van der Waals surface area (Å²) in [4.78, 5) is 11.9. The molecule has 0 heterocycles. The molecule has 0 saturated carbocycles. The molecule has 0 atom stereocenters. The Bertz CT molecular complexity index is 872. The van der Waals surface area contributed by atoms with Gasteiger partial charge in [-0.25, -0.2) is 17.2 Å². The molecule has 0 aliphatic carbocycles. The van der Waals surface area contributed by atoms with E-state index in [0.717, 1.165) is 10.6 Å². The van der Waals surface area contributed by atoms with Crippen LogP contribution < -0.4 is 9.62 Å². The van der Waals surface area contributed by atoms with Gasteiger partial charge in [0.25, 0.3) is 0 Å². The Kier molecular flexibility index (Phi) is 6.68. The minimum Gasteiger partial charge on any atom is -0.352 e. The van der Waals surface area contributed by atoms with Crippen LogP contribution in [0.5, 0.6) is 0 Å². The lowest BCUT2D eigenvalue weighted by atomic mass is 10.2. The molecule has 0 radical (unpaired) electrons. The Labute approximate surface area is 151 Å². The Hall–Kier alpha value is -2.48. The monoisotopic (exact) mass is 382 g/mol. The summed E-state index contributed by atoms with van der Waals surface area (Å²) in [5.74, 6) is -1.40. The lowest BCUT2D eigenvalue weighted by molar-refractivity contribution is -0.121. The maximum Gasteiger partial charge on any atom is 0.232 e. The van der Waals surface area contributed by atoms with E-state index in [1.165, 1.54) is 30.3 Å². The number of benzene rings is 2. The topological polar surface area (TPSA) is 66.5 Å². The van der Waals surface area contributed by atoms with E-state index in [-0.39, 0.29) is 37.5 Å². The van der Waals surface area contributed by atoms with Gasteiger partial charge in [0.2, 0.25) is 15.9 Å². The molecule has 5 nitrogen and oxygen atoms in total. The molecular formula is C18H20F2N2O3S. The number of nitrogens with one attached hydrogen (secondary N) is 1. The zero-order chi connectivity index (χ0) is 19.2. The van der Waals surface area contributed by atoms with E-state index in [1.807, 2.05) is 0 Å². The van der Waals surface area contributed by atoms with Crippen LogP contribution in [-0.4, -0.2) is 27.1 Å². The first-order chi connectivity index (χ1) is 12.3. The smallest absolute Gasteiger partial charge is 0.232 e. The van der Waals surface area contributed by atoms with E-state index in [2.05, 4.69) is 5.32 Å². The number of hydrogen-bond donors (Lipinski definition) is 1. The van der Waals surface area contributed by atoms with Gasteiger partial charge in [0.05, 0.1) is 11.9 Å². The predicted octanol–water partition coefficient (Wildman–Crippen LogP) is 2.83. The largest absolute Gasteiger partial charge is 0.352 e. The first-order valence-corrected chi connectivity index (χ1v) is 9.86. The number of amides is 1. The SMILES string of the molecule is CS(=O)(=O)N(CCCC(=O)NCc1ccccc1F)c1ccccc1F. The van der Waals surface area contributed by atoms with Gasteiger partial charge < -0.3 is 5.32 Å². The molecule has 0 fully saturated rings. The molecule has 0 unspecified atom stereocenters. The van der Waals surface area contributed by atoms with Crippen molar-refractivity contribution in [2.24, 2.45) is 0 Å². The second-order valence-corrected chi connectivity index (χ2v) is 7.67. The third-order valence-electron chi connectivity index (χ3n) is 3.72. The first kappa shape index (κ1) is 19.8. The van der Waals surface area contributed by atoms with E-state index >= 15 is 0 Å². The first-order valence-electron chi connectivity index (χ1n) is 8.01. The van der Waals surface area contributed by atoms with Gasteiger partial charge >= 0.3 is 0 Å². The highest BCUT2D eigenvalue weighted by Gasteiger charge is 2.20. The van der Waals surface area contributed by atoms with Crippen molar-refractivity contribution < 1.29 is 22.0 Å². The van der Waals surface area contributed by atoms with Crippen LogP contribution in [0.2, 0.25) is 0 Å². The minimum absolute atomic E-state index is 0.0348. The molecule has 140 valence electrons. The van der Waals surface area contributed by atoms with Gasteiger partial charge in [-0.1, -0.05) is 30.3 Å². The van der Waals surface area contributed by atoms with Crippen molar-refractivity contribution >= 4 is 21.6 Å². The van der Waals surface area contributed by atoms with Crippen molar-refractivity contribution in [1.29, 1.82) is 0 Å². The number of rotatable bonds is 8. The summed E-state index contributed by atoms with van der Waals surface area (Å²) in [6.07, 6.45) is 1.22. The number of para-hydroxylation sites is 1. The van der Waals surface area contributed by atoms with Crippen LogP contribution in [0.25, 0.3) is 0 Å². The summed E-state index contributed by atoms with van der Waals surface area (Å²) < 4.78 is 52.2. The van der Waals surface area contributed by atoms with Gasteiger partial charge in [0, 0.05) is 25.1 Å². The molecule has 0 bridgehead atoms. The van der Waals surface area contributed by atoms with Crippen LogP contribution in [0.4, 0.5) is 14.5 Å². The number of anilines is 1. The quantitative estimate of drug-likeness (QED) is 0.764. The zero-order valence-corrected chi connectivity index (χ0v) is 15.1. The van der Waals surface area contributed by atoms with Gasteiger partial charge in [-0.3, -0.25) is 9.10 Å². The number of halogens is 2. The van der Waals surface area contributed by atoms with Crippen molar-refractivity contribution in [3.05, 3.63) is 65.7 Å². The van der Waals surface area contributed by atoms with Crippen molar-refractivity contribution in [2.45, 2.75) is 19.4 Å². The van der Waals surface area contributed by atoms with Gasteiger partial charge in [0.15, 0.2) is 0 Å². The summed E-state index contributed by atoms with van der Waals surface area (Å²) in [5, 5.41) is 2.58. The van der Waals surface area contributed by atoms with E-state index in [4.69, 9.17) is 0 Å². The van der Waals surface area contributed by atoms with E-state index in [9.17, 15) is 22.0 Å². The predicted molar refractivity (Wildman–Crippen MR) is 96.1 cm³/mol. The molecular weight excluding hydrogens is 362 g/mol. The highest BCUT2D eigenvalue weighted by atomic mass is 32.2. The van der Waals surface area contributed by atoms with Gasteiger partial charge in [-0.05, 0) is 24.6 Å². The molecule has 0 aliphatic rings. The Balaban J connectivity index is 1.91. The van der Waals surface area contributed by atoms with Crippen molar-refractivity contribution in [2.75, 3.05) is 17.1 Å². The lowest BCUT2D eigenvalue weighted by Gasteiger charge is -2.22. The van der Waals surface area contributed by atoms with Crippen LogP contribution in [0, 0.1) is 11.6 Å². The highest BCUT2D eigenvalue weighted by Crippen LogP contribution is 2.21. The van der Waals surface area contributed by atoms with E-state index in [0.29, 0.717) is 5.56 Å². The summed E-state index contributed by atoms with van der Waals surface area (Å²) in [7, 11) is -3.69. The molecule has 0 aliphatic heterocycles. The molecule has 1 N–H and O–H groups in total. The van der Waals surface area contributed by atoms with Crippen molar-refractivity contribution in [3.8, 4) is 0 Å². The second-order valence-electron chi connectivity index (χ2n) is 5.76. The molecule has 2 rings (SSSR count). The number of sulfonamides is 1. The van der Waals surface area contributed by atoms with Crippen LogP contribution in [-0.2, 0) is 21.4 Å². The van der Waals surface area contributed by atoms with Crippen molar-refractivity contribution in [1.82, 2.24) is 5.32 Å². The maximum absolute atomic E-state index is 13.9. The standard InChI is InChI=1S/C18H20F2N2O3S/c1-26(24,25)22(17-10-5-4-9-16(17)20)12-6-11-18(23)21-13-14-7-2-3-8-15(14)19/h2-5,7-10H,6,11-13H2,1H3,(H,21,23). The summed E-state index contributed by atoms with van der Waals surface area (Å²) in [6, 6.07) is 11.7. The molecule has 0 saturated heterocycles. The Morgan fingerprint density at radius 2 is 1.65 bits per heavy atom. The average Bonchev–Trinajstić information content (AvgIpc) is 2.58. The fourth-order valence-corrected chi connectivity index (χ4v) is 3.39. The molecule has 26 heavy (non-hydrogen) atoms. The maximum atomic E-state index is 13.9. The molecule has 0 spiro atoms. The minimum atomic E-state index is -3.69. The fraction of sp³-hybridized carbons (Fsp3) is 0.278. The summed E-state index contributed by atoms with van der Waals surface area (Å²) >= 11 is 0. The van der Waals surface area contributed by atoms with Crippen LogP contribution in [0.3, 0.4) is 0 Å². The fourth-order valence-electron chi connectivity index (χ4n) is 2.43. The highest BCUT2D eigenvalue weighted by molar-refractivity contribution is 7.92. The van der Waals surface area contributed by atoms with Crippen molar-refractivity contribution in [3.63, 3.8) is 0 Å². The van der Waals surface area contributed by atoms with E-state index in [1.54, 1.807) is 18.2 Å². The average molecular weight is 382 g/mol. The number of nitrogens with zero attached hydrogens (tertiary/aromatic N) is 1. The zero-order valence-electron chi connectivity index (χ0n) is 14.3. The second kappa shape index (κ2) is 8.75. The molecule has 2 aromatic rings. The third kappa shape index (κ3) is 5.52. The molecule has 0 aromatic heterocycles. The van der Waals surface area contributed by atoms with Gasteiger partial charge in [-0.15, -0.1) is 0 Å². The molecule has 8 heteroatoms.